The average molecular weight is 154 g/mol. The normalized spacial score (nSPS) is 31.3. The Morgan fingerprint density at radius 1 is 1.36 bits per heavy atom. The van der Waals surface area contributed by atoms with Gasteiger partial charge in [0.2, 0.25) is 0 Å². The van der Waals surface area contributed by atoms with E-state index in [0.717, 1.165) is 25.7 Å². The van der Waals surface area contributed by atoms with Gasteiger partial charge in [0.1, 0.15) is 5.78 Å². The van der Waals surface area contributed by atoms with Gasteiger partial charge in [0.25, 0.3) is 0 Å². The van der Waals surface area contributed by atoms with Crippen LogP contribution in [0.4, 0.5) is 0 Å². The fraction of sp³-hybridized carbons (Fsp3) is 0.889. The highest BCUT2D eigenvalue weighted by Crippen LogP contribution is 2.59. The van der Waals surface area contributed by atoms with Crippen molar-refractivity contribution >= 4 is 5.78 Å². The second-order valence-electron chi connectivity index (χ2n) is 4.40. The van der Waals surface area contributed by atoms with E-state index in [1.54, 1.807) is 7.11 Å². The molecule has 0 amide bonds. The summed E-state index contributed by atoms with van der Waals surface area (Å²) in [4.78, 5) is 10.8. The van der Waals surface area contributed by atoms with Gasteiger partial charge in [-0.3, -0.25) is 4.79 Å². The Morgan fingerprint density at radius 2 is 1.91 bits per heavy atom. The Balaban J connectivity index is 1.93. The van der Waals surface area contributed by atoms with E-state index in [-0.39, 0.29) is 5.60 Å². The van der Waals surface area contributed by atoms with Crippen LogP contribution in [0.1, 0.15) is 32.6 Å². The number of Topliss-reactive ketones (excluding diaryl/α,β-unsaturated/α-hetero) is 1. The first-order chi connectivity index (χ1) is 5.08. The summed E-state index contributed by atoms with van der Waals surface area (Å²) in [6, 6.07) is 0. The van der Waals surface area contributed by atoms with Crippen molar-refractivity contribution in [2.75, 3.05) is 7.11 Å². The van der Waals surface area contributed by atoms with Gasteiger partial charge in [0.05, 0.1) is 5.60 Å². The van der Waals surface area contributed by atoms with E-state index < -0.39 is 0 Å². The maximum atomic E-state index is 10.8. The van der Waals surface area contributed by atoms with E-state index in [1.807, 2.05) is 0 Å². The lowest BCUT2D eigenvalue weighted by atomic mass is 9.50. The predicted molar refractivity (Wildman–Crippen MR) is 41.3 cm³/mol. The van der Waals surface area contributed by atoms with Crippen LogP contribution >= 0.6 is 0 Å². The molecule has 0 saturated heterocycles. The van der Waals surface area contributed by atoms with Crippen molar-refractivity contribution in [2.45, 2.75) is 38.2 Å². The SMILES string of the molecule is COC1(C)CC2(CC(=O)C2)C1. The largest absolute Gasteiger partial charge is 0.378 e. The Labute approximate surface area is 66.9 Å². The highest BCUT2D eigenvalue weighted by atomic mass is 16.5. The minimum atomic E-state index is 0.0840. The van der Waals surface area contributed by atoms with Crippen LogP contribution in [0.5, 0.6) is 0 Å². The van der Waals surface area contributed by atoms with Crippen LogP contribution in [-0.2, 0) is 9.53 Å². The van der Waals surface area contributed by atoms with Gasteiger partial charge in [-0.05, 0) is 25.2 Å². The van der Waals surface area contributed by atoms with Crippen molar-refractivity contribution in [3.63, 3.8) is 0 Å². The monoisotopic (exact) mass is 154 g/mol. The highest BCUT2D eigenvalue weighted by Gasteiger charge is 2.58. The van der Waals surface area contributed by atoms with Crippen molar-refractivity contribution in [3.05, 3.63) is 0 Å². The molecule has 11 heavy (non-hydrogen) atoms. The lowest BCUT2D eigenvalue weighted by molar-refractivity contribution is -0.178. The van der Waals surface area contributed by atoms with Gasteiger partial charge in [-0.25, -0.2) is 0 Å². The molecule has 2 nitrogen and oxygen atoms in total. The van der Waals surface area contributed by atoms with E-state index in [0.29, 0.717) is 11.2 Å². The maximum Gasteiger partial charge on any atom is 0.134 e. The molecule has 0 aliphatic heterocycles. The number of ketones is 1. The molecular weight excluding hydrogens is 140 g/mol. The number of hydrogen-bond donors (Lipinski definition) is 0. The second kappa shape index (κ2) is 1.86. The van der Waals surface area contributed by atoms with Crippen LogP contribution in [0.15, 0.2) is 0 Å². The summed E-state index contributed by atoms with van der Waals surface area (Å²) in [6.07, 6.45) is 3.79. The smallest absolute Gasteiger partial charge is 0.134 e. The fourth-order valence-electron chi connectivity index (χ4n) is 2.71. The van der Waals surface area contributed by atoms with Crippen LogP contribution in [-0.4, -0.2) is 18.5 Å². The zero-order chi connectivity index (χ0) is 8.11. The number of carbonyl (C=O) groups is 1. The first-order valence-corrected chi connectivity index (χ1v) is 4.14. The van der Waals surface area contributed by atoms with E-state index >= 15 is 0 Å². The molecule has 2 aliphatic carbocycles. The van der Waals surface area contributed by atoms with E-state index in [9.17, 15) is 4.79 Å². The number of hydrogen-bond acceptors (Lipinski definition) is 2. The third-order valence-electron chi connectivity index (χ3n) is 3.14. The van der Waals surface area contributed by atoms with Crippen molar-refractivity contribution in [2.24, 2.45) is 5.41 Å². The van der Waals surface area contributed by atoms with Gasteiger partial charge in [-0.2, -0.15) is 0 Å². The molecule has 2 fully saturated rings. The van der Waals surface area contributed by atoms with Gasteiger partial charge in [0, 0.05) is 20.0 Å². The van der Waals surface area contributed by atoms with Crippen LogP contribution in [0, 0.1) is 5.41 Å². The third-order valence-corrected chi connectivity index (χ3v) is 3.14. The van der Waals surface area contributed by atoms with E-state index in [1.165, 1.54) is 0 Å². The van der Waals surface area contributed by atoms with Gasteiger partial charge in [-0.15, -0.1) is 0 Å². The van der Waals surface area contributed by atoms with E-state index in [4.69, 9.17) is 4.74 Å². The van der Waals surface area contributed by atoms with Crippen molar-refractivity contribution in [1.82, 2.24) is 0 Å². The van der Waals surface area contributed by atoms with Gasteiger partial charge in [0.15, 0.2) is 0 Å². The molecule has 0 bridgehead atoms. The van der Waals surface area contributed by atoms with Crippen LogP contribution < -0.4 is 0 Å². The summed E-state index contributed by atoms with van der Waals surface area (Å²) in [5.74, 6) is 0.433. The molecule has 0 aromatic heterocycles. The molecule has 0 radical (unpaired) electrons. The molecule has 0 aromatic carbocycles. The van der Waals surface area contributed by atoms with Crippen molar-refractivity contribution in [1.29, 1.82) is 0 Å². The molecule has 1 spiro atoms. The minimum absolute atomic E-state index is 0.0840. The zero-order valence-electron chi connectivity index (χ0n) is 7.14. The van der Waals surface area contributed by atoms with Crippen LogP contribution in [0.3, 0.4) is 0 Å². The van der Waals surface area contributed by atoms with Crippen molar-refractivity contribution < 1.29 is 9.53 Å². The molecule has 0 N–H and O–H groups in total. The fourth-order valence-corrected chi connectivity index (χ4v) is 2.71. The number of ether oxygens (including phenoxy) is 1. The first kappa shape index (κ1) is 7.29. The Hall–Kier alpha value is -0.370. The summed E-state index contributed by atoms with van der Waals surface area (Å²) < 4.78 is 5.33. The molecule has 2 rings (SSSR count). The highest BCUT2D eigenvalue weighted by molar-refractivity contribution is 5.86. The summed E-state index contributed by atoms with van der Waals surface area (Å²) in [5, 5.41) is 0. The topological polar surface area (TPSA) is 26.3 Å². The Bertz CT molecular complexity index is 192. The molecule has 2 heteroatoms. The number of methoxy groups -OCH3 is 1. The lowest BCUT2D eigenvalue weighted by Gasteiger charge is -2.58. The number of rotatable bonds is 1. The zero-order valence-corrected chi connectivity index (χ0v) is 7.14. The maximum absolute atomic E-state index is 10.8. The molecule has 0 atom stereocenters. The molecule has 0 heterocycles. The summed E-state index contributed by atoms with van der Waals surface area (Å²) in [7, 11) is 1.76. The Morgan fingerprint density at radius 3 is 2.27 bits per heavy atom. The number of carbonyl (C=O) groups excluding carboxylic acids is 1. The van der Waals surface area contributed by atoms with E-state index in [2.05, 4.69) is 6.92 Å². The molecule has 0 unspecified atom stereocenters. The molecule has 2 aliphatic rings. The van der Waals surface area contributed by atoms with Crippen LogP contribution in [0.2, 0.25) is 0 Å². The van der Waals surface area contributed by atoms with Crippen molar-refractivity contribution in [3.8, 4) is 0 Å². The van der Waals surface area contributed by atoms with Gasteiger partial charge in [-0.1, -0.05) is 0 Å². The van der Waals surface area contributed by atoms with Gasteiger partial charge >= 0.3 is 0 Å². The standard InChI is InChI=1S/C9H14O2/c1-8(11-2)5-9(6-8)3-7(10)4-9/h3-6H2,1-2H3. The average Bonchev–Trinajstić information content (AvgIpc) is 1.81. The lowest BCUT2D eigenvalue weighted by Crippen LogP contribution is -2.57. The quantitative estimate of drug-likeness (QED) is 0.572. The van der Waals surface area contributed by atoms with Crippen LogP contribution in [0.25, 0.3) is 0 Å². The summed E-state index contributed by atoms with van der Waals surface area (Å²) >= 11 is 0. The second-order valence-corrected chi connectivity index (χ2v) is 4.40. The van der Waals surface area contributed by atoms with Gasteiger partial charge < -0.3 is 4.74 Å². The predicted octanol–water partition coefficient (Wildman–Crippen LogP) is 1.53. The molecule has 0 aromatic rings. The molecule has 62 valence electrons. The molecular formula is C9H14O2. The first-order valence-electron chi connectivity index (χ1n) is 4.14. The summed E-state index contributed by atoms with van der Waals surface area (Å²) in [5.41, 5.74) is 0.461. The third kappa shape index (κ3) is 0.924. The Kier molecular flexibility index (Phi) is 1.23. The minimum Gasteiger partial charge on any atom is -0.378 e. The molecule has 2 saturated carbocycles. The summed E-state index contributed by atoms with van der Waals surface area (Å²) in [6.45, 7) is 2.13.